The highest BCUT2D eigenvalue weighted by atomic mass is 14.7. The van der Waals surface area contributed by atoms with Gasteiger partial charge in [0.2, 0.25) is 0 Å². The SMILES string of the molecule is NC1(CCc2c[nH]c3ccccc23)CCCC1. The van der Waals surface area contributed by atoms with E-state index in [2.05, 4.69) is 35.4 Å². The number of para-hydroxylation sites is 1. The first-order valence-corrected chi connectivity index (χ1v) is 6.61. The second kappa shape index (κ2) is 4.19. The van der Waals surface area contributed by atoms with Gasteiger partial charge in [0.05, 0.1) is 0 Å². The van der Waals surface area contributed by atoms with Crippen molar-refractivity contribution < 1.29 is 0 Å². The topological polar surface area (TPSA) is 41.8 Å². The summed E-state index contributed by atoms with van der Waals surface area (Å²) in [6, 6.07) is 8.50. The van der Waals surface area contributed by atoms with Crippen LogP contribution in [0.2, 0.25) is 0 Å². The van der Waals surface area contributed by atoms with Crippen LogP contribution in [-0.4, -0.2) is 10.5 Å². The first-order valence-electron chi connectivity index (χ1n) is 6.61. The Morgan fingerprint density at radius 2 is 1.94 bits per heavy atom. The van der Waals surface area contributed by atoms with E-state index in [0.717, 1.165) is 12.8 Å². The number of nitrogens with one attached hydrogen (secondary N) is 1. The number of hydrogen-bond donors (Lipinski definition) is 2. The van der Waals surface area contributed by atoms with Gasteiger partial charge in [0.1, 0.15) is 0 Å². The zero-order valence-corrected chi connectivity index (χ0v) is 10.2. The molecule has 3 rings (SSSR count). The van der Waals surface area contributed by atoms with Gasteiger partial charge in [-0.25, -0.2) is 0 Å². The van der Waals surface area contributed by atoms with Gasteiger partial charge >= 0.3 is 0 Å². The molecule has 0 unspecified atom stereocenters. The molecule has 2 aromatic rings. The third-order valence-corrected chi connectivity index (χ3v) is 4.17. The van der Waals surface area contributed by atoms with E-state index in [1.807, 2.05) is 0 Å². The molecule has 17 heavy (non-hydrogen) atoms. The Morgan fingerprint density at radius 1 is 1.18 bits per heavy atom. The second-order valence-electron chi connectivity index (χ2n) is 5.43. The summed E-state index contributed by atoms with van der Waals surface area (Å²) in [5.74, 6) is 0. The molecule has 1 heterocycles. The van der Waals surface area contributed by atoms with Gasteiger partial charge in [-0.1, -0.05) is 31.0 Å². The Bertz CT molecular complexity index is 506. The molecular formula is C15H20N2. The van der Waals surface area contributed by atoms with Crippen LogP contribution in [-0.2, 0) is 6.42 Å². The van der Waals surface area contributed by atoms with E-state index in [0.29, 0.717) is 0 Å². The van der Waals surface area contributed by atoms with Gasteiger partial charge in [-0.2, -0.15) is 0 Å². The van der Waals surface area contributed by atoms with Gasteiger partial charge in [0.25, 0.3) is 0 Å². The van der Waals surface area contributed by atoms with Crippen molar-refractivity contribution in [1.29, 1.82) is 0 Å². The summed E-state index contributed by atoms with van der Waals surface area (Å²) >= 11 is 0. The second-order valence-corrected chi connectivity index (χ2v) is 5.43. The van der Waals surface area contributed by atoms with Gasteiger partial charge in [-0.3, -0.25) is 0 Å². The molecule has 2 nitrogen and oxygen atoms in total. The van der Waals surface area contributed by atoms with E-state index in [9.17, 15) is 0 Å². The van der Waals surface area contributed by atoms with Gasteiger partial charge in [-0.15, -0.1) is 0 Å². The number of nitrogens with two attached hydrogens (primary N) is 1. The Kier molecular flexibility index (Phi) is 2.67. The fourth-order valence-electron chi connectivity index (χ4n) is 3.05. The monoisotopic (exact) mass is 228 g/mol. The lowest BCUT2D eigenvalue weighted by molar-refractivity contribution is 0.406. The Balaban J connectivity index is 1.76. The van der Waals surface area contributed by atoms with Crippen molar-refractivity contribution in [3.8, 4) is 0 Å². The number of aromatic amines is 1. The maximum Gasteiger partial charge on any atom is 0.0456 e. The molecule has 1 aromatic carbocycles. The molecule has 1 fully saturated rings. The molecule has 0 atom stereocenters. The Hall–Kier alpha value is -1.28. The van der Waals surface area contributed by atoms with E-state index in [1.165, 1.54) is 42.1 Å². The van der Waals surface area contributed by atoms with E-state index in [4.69, 9.17) is 5.73 Å². The standard InChI is InChI=1S/C15H20N2/c16-15(8-3-4-9-15)10-7-12-11-17-14-6-2-1-5-13(12)14/h1-2,5-6,11,17H,3-4,7-10,16H2. The van der Waals surface area contributed by atoms with Gasteiger partial charge < -0.3 is 10.7 Å². The number of H-pyrrole nitrogens is 1. The number of aryl methyl sites for hydroxylation is 1. The summed E-state index contributed by atoms with van der Waals surface area (Å²) < 4.78 is 0. The minimum atomic E-state index is 0.109. The van der Waals surface area contributed by atoms with Gasteiger partial charge in [0, 0.05) is 22.6 Å². The van der Waals surface area contributed by atoms with Gasteiger partial charge in [0.15, 0.2) is 0 Å². The van der Waals surface area contributed by atoms with Crippen LogP contribution in [0.1, 0.15) is 37.7 Å². The minimum absolute atomic E-state index is 0.109. The fraction of sp³-hybridized carbons (Fsp3) is 0.467. The van der Waals surface area contributed by atoms with Crippen molar-refractivity contribution in [2.75, 3.05) is 0 Å². The molecule has 0 spiro atoms. The molecule has 2 heteroatoms. The lowest BCUT2D eigenvalue weighted by Gasteiger charge is -2.23. The predicted molar refractivity (Wildman–Crippen MR) is 72.0 cm³/mol. The quantitative estimate of drug-likeness (QED) is 0.831. The van der Waals surface area contributed by atoms with E-state index < -0.39 is 0 Å². The normalized spacial score (nSPS) is 18.9. The molecule has 1 aliphatic rings. The van der Waals surface area contributed by atoms with E-state index >= 15 is 0 Å². The number of hydrogen-bond acceptors (Lipinski definition) is 1. The van der Waals surface area contributed by atoms with Crippen LogP contribution in [0.5, 0.6) is 0 Å². The maximum atomic E-state index is 6.41. The van der Waals surface area contributed by atoms with Crippen LogP contribution in [0.4, 0.5) is 0 Å². The molecule has 1 saturated carbocycles. The Morgan fingerprint density at radius 3 is 2.76 bits per heavy atom. The summed E-state index contributed by atoms with van der Waals surface area (Å²) in [6.07, 6.45) is 9.39. The van der Waals surface area contributed by atoms with Crippen molar-refractivity contribution in [3.05, 3.63) is 36.0 Å². The number of rotatable bonds is 3. The summed E-state index contributed by atoms with van der Waals surface area (Å²) in [6.45, 7) is 0. The lowest BCUT2D eigenvalue weighted by Crippen LogP contribution is -2.36. The van der Waals surface area contributed by atoms with Gasteiger partial charge in [-0.05, 0) is 37.3 Å². The minimum Gasteiger partial charge on any atom is -0.361 e. The highest BCUT2D eigenvalue weighted by Gasteiger charge is 2.28. The first-order chi connectivity index (χ1) is 8.27. The summed E-state index contributed by atoms with van der Waals surface area (Å²) in [7, 11) is 0. The largest absolute Gasteiger partial charge is 0.361 e. The highest BCUT2D eigenvalue weighted by Crippen LogP contribution is 2.32. The van der Waals surface area contributed by atoms with Crippen molar-refractivity contribution in [2.45, 2.75) is 44.1 Å². The van der Waals surface area contributed by atoms with E-state index in [-0.39, 0.29) is 5.54 Å². The van der Waals surface area contributed by atoms with Crippen molar-refractivity contribution in [3.63, 3.8) is 0 Å². The lowest BCUT2D eigenvalue weighted by atomic mass is 9.91. The van der Waals surface area contributed by atoms with Crippen molar-refractivity contribution in [1.82, 2.24) is 4.98 Å². The smallest absolute Gasteiger partial charge is 0.0456 e. The molecule has 0 saturated heterocycles. The van der Waals surface area contributed by atoms with Crippen LogP contribution in [0, 0.1) is 0 Å². The summed E-state index contributed by atoms with van der Waals surface area (Å²) in [5.41, 5.74) is 9.17. The Labute approximate surface area is 102 Å². The maximum absolute atomic E-state index is 6.41. The first kappa shape index (κ1) is 10.8. The van der Waals surface area contributed by atoms with Crippen LogP contribution < -0.4 is 5.73 Å². The molecule has 0 radical (unpaired) electrons. The van der Waals surface area contributed by atoms with Crippen LogP contribution in [0.25, 0.3) is 10.9 Å². The number of aromatic nitrogens is 1. The summed E-state index contributed by atoms with van der Waals surface area (Å²) in [5, 5.41) is 1.36. The van der Waals surface area contributed by atoms with Crippen LogP contribution >= 0.6 is 0 Å². The average molecular weight is 228 g/mol. The molecule has 1 aliphatic carbocycles. The van der Waals surface area contributed by atoms with Crippen LogP contribution in [0.15, 0.2) is 30.5 Å². The highest BCUT2D eigenvalue weighted by molar-refractivity contribution is 5.83. The molecule has 1 aromatic heterocycles. The van der Waals surface area contributed by atoms with Crippen LogP contribution in [0.3, 0.4) is 0 Å². The zero-order valence-electron chi connectivity index (χ0n) is 10.2. The van der Waals surface area contributed by atoms with Crippen molar-refractivity contribution in [2.24, 2.45) is 5.73 Å². The van der Waals surface area contributed by atoms with Crippen molar-refractivity contribution >= 4 is 10.9 Å². The fourth-order valence-corrected chi connectivity index (χ4v) is 3.05. The number of fused-ring (bicyclic) bond motifs is 1. The third-order valence-electron chi connectivity index (χ3n) is 4.17. The molecule has 0 amide bonds. The molecule has 90 valence electrons. The zero-order chi connectivity index (χ0) is 11.7. The number of benzene rings is 1. The molecule has 0 aliphatic heterocycles. The summed E-state index contributed by atoms with van der Waals surface area (Å²) in [4.78, 5) is 3.34. The third kappa shape index (κ3) is 2.09. The molecule has 3 N–H and O–H groups in total. The average Bonchev–Trinajstić information content (AvgIpc) is 2.94. The van der Waals surface area contributed by atoms with E-state index in [1.54, 1.807) is 0 Å². The predicted octanol–water partition coefficient (Wildman–Crippen LogP) is 3.37. The molecular weight excluding hydrogens is 208 g/mol. The molecule has 0 bridgehead atoms.